The lowest BCUT2D eigenvalue weighted by Gasteiger charge is -2.27. The van der Waals surface area contributed by atoms with Gasteiger partial charge in [-0.25, -0.2) is 0 Å². The molecule has 2 aliphatic rings. The summed E-state index contributed by atoms with van der Waals surface area (Å²) < 4.78 is 0. The molecule has 1 atom stereocenters. The molecule has 2 fully saturated rings. The number of amides is 1. The number of aliphatic hydroxyl groups excluding tert-OH is 1. The minimum Gasteiger partial charge on any atom is -0.390 e. The summed E-state index contributed by atoms with van der Waals surface area (Å²) in [5.41, 5.74) is 2.57. The first-order valence-corrected chi connectivity index (χ1v) is 9.11. The monoisotopic (exact) mass is 331 g/mol. The van der Waals surface area contributed by atoms with Gasteiger partial charge < -0.3 is 14.9 Å². The summed E-state index contributed by atoms with van der Waals surface area (Å²) >= 11 is 0. The van der Waals surface area contributed by atoms with Crippen molar-refractivity contribution >= 4 is 11.6 Å². The molecule has 0 aliphatic carbocycles. The number of benzene rings is 1. The van der Waals surface area contributed by atoms with Gasteiger partial charge in [-0.05, 0) is 38.4 Å². The van der Waals surface area contributed by atoms with Crippen molar-refractivity contribution < 1.29 is 9.90 Å². The zero-order valence-electron chi connectivity index (χ0n) is 14.7. The van der Waals surface area contributed by atoms with E-state index in [4.69, 9.17) is 0 Å². The van der Waals surface area contributed by atoms with Crippen molar-refractivity contribution in [1.29, 1.82) is 0 Å². The summed E-state index contributed by atoms with van der Waals surface area (Å²) in [6.45, 7) is 8.06. The molecule has 1 aromatic carbocycles. The van der Waals surface area contributed by atoms with Crippen LogP contribution in [0.15, 0.2) is 24.3 Å². The van der Waals surface area contributed by atoms with Gasteiger partial charge in [-0.15, -0.1) is 0 Å². The van der Waals surface area contributed by atoms with Gasteiger partial charge in [0.15, 0.2) is 0 Å². The largest absolute Gasteiger partial charge is 0.390 e. The van der Waals surface area contributed by atoms with E-state index >= 15 is 0 Å². The number of carbonyl (C=O) groups is 1. The molecule has 2 aliphatic heterocycles. The van der Waals surface area contributed by atoms with Crippen molar-refractivity contribution in [3.63, 3.8) is 0 Å². The first-order valence-electron chi connectivity index (χ1n) is 9.11. The predicted molar refractivity (Wildman–Crippen MR) is 96.3 cm³/mol. The third-order valence-corrected chi connectivity index (χ3v) is 5.06. The van der Waals surface area contributed by atoms with Crippen molar-refractivity contribution in [1.82, 2.24) is 9.80 Å². The summed E-state index contributed by atoms with van der Waals surface area (Å²) in [5, 5.41) is 10.3. The average molecular weight is 331 g/mol. The maximum Gasteiger partial charge on any atom is 0.222 e. The number of β-amino-alcohol motifs (C(OH)–C–C–N with tert-alkyl or cyclic N) is 1. The van der Waals surface area contributed by atoms with Crippen molar-refractivity contribution in [2.45, 2.75) is 32.3 Å². The number of aliphatic hydroxyl groups is 1. The lowest BCUT2D eigenvalue weighted by molar-refractivity contribution is -0.129. The second-order valence-corrected chi connectivity index (χ2v) is 7.07. The van der Waals surface area contributed by atoms with Gasteiger partial charge in [0.1, 0.15) is 0 Å². The van der Waals surface area contributed by atoms with Crippen molar-refractivity contribution in [2.75, 3.05) is 50.7 Å². The van der Waals surface area contributed by atoms with Gasteiger partial charge in [0.25, 0.3) is 0 Å². The number of hydrogen-bond acceptors (Lipinski definition) is 4. The molecule has 132 valence electrons. The Morgan fingerprint density at radius 3 is 2.50 bits per heavy atom. The highest BCUT2D eigenvalue weighted by atomic mass is 16.3. The molecule has 0 saturated carbocycles. The molecule has 0 spiro atoms. The van der Waals surface area contributed by atoms with E-state index in [2.05, 4.69) is 41.0 Å². The van der Waals surface area contributed by atoms with Gasteiger partial charge in [0, 0.05) is 51.4 Å². The number of nitrogens with zero attached hydrogens (tertiary/aromatic N) is 3. The van der Waals surface area contributed by atoms with Crippen LogP contribution in [-0.2, 0) is 4.79 Å². The maximum absolute atomic E-state index is 11.7. The molecule has 5 heteroatoms. The van der Waals surface area contributed by atoms with E-state index in [1.807, 2.05) is 0 Å². The minimum absolute atomic E-state index is 0.190. The standard InChI is InChI=1S/C19H29N3O2/c1-16-5-7-17(8-6-16)21-11-3-9-20(12-13-21)14-18(23)15-22-10-2-4-19(22)24/h5-8,18,23H,2-4,9-15H2,1H3. The maximum atomic E-state index is 11.7. The van der Waals surface area contributed by atoms with Crippen LogP contribution in [0.1, 0.15) is 24.8 Å². The van der Waals surface area contributed by atoms with Gasteiger partial charge in [0.2, 0.25) is 5.91 Å². The summed E-state index contributed by atoms with van der Waals surface area (Å²) in [7, 11) is 0. The summed E-state index contributed by atoms with van der Waals surface area (Å²) in [4.78, 5) is 18.2. The van der Waals surface area contributed by atoms with Crippen LogP contribution in [0.3, 0.4) is 0 Å². The average Bonchev–Trinajstić information content (AvgIpc) is 2.82. The normalized spacial score (nSPS) is 21.2. The molecule has 24 heavy (non-hydrogen) atoms. The fourth-order valence-corrected chi connectivity index (χ4v) is 3.67. The van der Waals surface area contributed by atoms with E-state index in [0.29, 0.717) is 19.5 Å². The Balaban J connectivity index is 1.48. The lowest BCUT2D eigenvalue weighted by Crippen LogP contribution is -2.42. The second kappa shape index (κ2) is 7.99. The Morgan fingerprint density at radius 2 is 1.79 bits per heavy atom. The highest BCUT2D eigenvalue weighted by Gasteiger charge is 2.24. The zero-order valence-corrected chi connectivity index (χ0v) is 14.7. The SMILES string of the molecule is Cc1ccc(N2CCCN(CC(O)CN3CCCC3=O)CC2)cc1. The van der Waals surface area contributed by atoms with Crippen LogP contribution in [0, 0.1) is 6.92 Å². The number of carbonyl (C=O) groups excluding carboxylic acids is 1. The number of anilines is 1. The van der Waals surface area contributed by atoms with Gasteiger partial charge in [0.05, 0.1) is 6.10 Å². The van der Waals surface area contributed by atoms with Crippen molar-refractivity contribution in [3.05, 3.63) is 29.8 Å². The Bertz CT molecular complexity index is 546. The number of hydrogen-bond donors (Lipinski definition) is 1. The first-order chi connectivity index (χ1) is 11.6. The highest BCUT2D eigenvalue weighted by molar-refractivity contribution is 5.78. The Labute approximate surface area is 144 Å². The van der Waals surface area contributed by atoms with E-state index < -0.39 is 6.10 Å². The fraction of sp³-hybridized carbons (Fsp3) is 0.632. The van der Waals surface area contributed by atoms with Crippen LogP contribution in [0.25, 0.3) is 0 Å². The van der Waals surface area contributed by atoms with Crippen LogP contribution in [0.2, 0.25) is 0 Å². The smallest absolute Gasteiger partial charge is 0.222 e. The van der Waals surface area contributed by atoms with Crippen LogP contribution in [0.5, 0.6) is 0 Å². The van der Waals surface area contributed by atoms with E-state index in [9.17, 15) is 9.90 Å². The number of aryl methyl sites for hydroxylation is 1. The van der Waals surface area contributed by atoms with Crippen LogP contribution in [-0.4, -0.2) is 72.7 Å². The van der Waals surface area contributed by atoms with Gasteiger partial charge in [-0.2, -0.15) is 0 Å². The molecule has 0 radical (unpaired) electrons. The summed E-state index contributed by atoms with van der Waals surface area (Å²) in [5.74, 6) is 0.190. The molecule has 5 nitrogen and oxygen atoms in total. The van der Waals surface area contributed by atoms with Gasteiger partial charge >= 0.3 is 0 Å². The second-order valence-electron chi connectivity index (χ2n) is 7.07. The topological polar surface area (TPSA) is 47.0 Å². The van der Waals surface area contributed by atoms with Crippen molar-refractivity contribution in [2.24, 2.45) is 0 Å². The van der Waals surface area contributed by atoms with E-state index in [1.165, 1.54) is 11.3 Å². The highest BCUT2D eigenvalue weighted by Crippen LogP contribution is 2.17. The molecule has 2 saturated heterocycles. The van der Waals surface area contributed by atoms with Gasteiger partial charge in [-0.3, -0.25) is 9.69 Å². The Hall–Kier alpha value is -1.59. The van der Waals surface area contributed by atoms with E-state index in [0.717, 1.165) is 45.6 Å². The quantitative estimate of drug-likeness (QED) is 0.888. The predicted octanol–water partition coefficient (Wildman–Crippen LogP) is 1.49. The minimum atomic E-state index is -0.446. The summed E-state index contributed by atoms with van der Waals surface area (Å²) in [6, 6.07) is 8.71. The molecule has 1 amide bonds. The molecule has 0 bridgehead atoms. The molecular weight excluding hydrogens is 302 g/mol. The number of rotatable bonds is 5. The zero-order chi connectivity index (χ0) is 16.9. The van der Waals surface area contributed by atoms with Gasteiger partial charge in [-0.1, -0.05) is 17.7 Å². The third kappa shape index (κ3) is 4.48. The Morgan fingerprint density at radius 1 is 1.00 bits per heavy atom. The van der Waals surface area contributed by atoms with Crippen LogP contribution < -0.4 is 4.90 Å². The van der Waals surface area contributed by atoms with Crippen LogP contribution >= 0.6 is 0 Å². The molecule has 1 N–H and O–H groups in total. The number of likely N-dealkylation sites (tertiary alicyclic amines) is 1. The molecular formula is C19H29N3O2. The van der Waals surface area contributed by atoms with E-state index in [1.54, 1.807) is 4.90 Å². The molecule has 0 aromatic heterocycles. The molecule has 3 rings (SSSR count). The molecule has 1 aromatic rings. The molecule has 1 unspecified atom stereocenters. The van der Waals surface area contributed by atoms with Crippen LogP contribution in [0.4, 0.5) is 5.69 Å². The summed E-state index contributed by atoms with van der Waals surface area (Å²) in [6.07, 6.45) is 2.23. The van der Waals surface area contributed by atoms with E-state index in [-0.39, 0.29) is 5.91 Å². The third-order valence-electron chi connectivity index (χ3n) is 5.06. The van der Waals surface area contributed by atoms with Crippen molar-refractivity contribution in [3.8, 4) is 0 Å². The fourth-order valence-electron chi connectivity index (χ4n) is 3.67. The molecule has 2 heterocycles. The Kier molecular flexibility index (Phi) is 5.74. The lowest BCUT2D eigenvalue weighted by atomic mass is 10.2. The first kappa shape index (κ1) is 17.2.